The second kappa shape index (κ2) is 6.15. The van der Waals surface area contributed by atoms with Gasteiger partial charge in [0.2, 0.25) is 0 Å². The van der Waals surface area contributed by atoms with E-state index >= 15 is 0 Å². The topological polar surface area (TPSA) is 72.8 Å². The Balaban J connectivity index is 1.72. The molecule has 0 aromatic rings. The van der Waals surface area contributed by atoms with Gasteiger partial charge in [0.25, 0.3) is 0 Å². The molecule has 150 valence electrons. The van der Waals surface area contributed by atoms with E-state index in [1.165, 1.54) is 6.92 Å². The molecule has 3 saturated carbocycles. The van der Waals surface area contributed by atoms with Gasteiger partial charge in [-0.1, -0.05) is 20.4 Å². The first kappa shape index (κ1) is 19.1. The maximum atomic E-state index is 12.2. The van der Waals surface area contributed by atoms with Gasteiger partial charge in [-0.15, -0.1) is 0 Å². The van der Waals surface area contributed by atoms with E-state index in [-0.39, 0.29) is 28.6 Å². The Morgan fingerprint density at radius 1 is 1.30 bits per heavy atom. The molecule has 0 amide bonds. The maximum Gasteiger partial charge on any atom is 0.303 e. The van der Waals surface area contributed by atoms with Crippen LogP contribution in [0.15, 0.2) is 12.2 Å². The smallest absolute Gasteiger partial charge is 0.303 e. The Kier molecular flexibility index (Phi) is 4.36. The van der Waals surface area contributed by atoms with E-state index in [0.29, 0.717) is 25.4 Å². The van der Waals surface area contributed by atoms with Crippen molar-refractivity contribution in [3.63, 3.8) is 0 Å². The molecule has 2 unspecified atom stereocenters. The number of hydrogen-bond donors (Lipinski definition) is 1. The third kappa shape index (κ3) is 2.57. The first-order valence-electron chi connectivity index (χ1n) is 10.3. The lowest BCUT2D eigenvalue weighted by Gasteiger charge is -2.60. The molecule has 27 heavy (non-hydrogen) atoms. The minimum atomic E-state index is -0.790. The minimum Gasteiger partial charge on any atom is -0.459 e. The van der Waals surface area contributed by atoms with Gasteiger partial charge in [-0.05, 0) is 61.3 Å². The lowest BCUT2D eigenvalue weighted by Crippen LogP contribution is -2.66. The zero-order chi connectivity index (χ0) is 19.6. The predicted octanol–water partition coefficient (Wildman–Crippen LogP) is 3.05. The summed E-state index contributed by atoms with van der Waals surface area (Å²) >= 11 is 0. The number of aliphatic hydroxyl groups is 1. The van der Waals surface area contributed by atoms with Gasteiger partial charge in [-0.2, -0.15) is 0 Å². The van der Waals surface area contributed by atoms with E-state index in [2.05, 4.69) is 20.4 Å². The molecule has 1 N–H and O–H groups in total. The summed E-state index contributed by atoms with van der Waals surface area (Å²) in [5, 5.41) is 10.9. The van der Waals surface area contributed by atoms with Crippen LogP contribution in [0.2, 0.25) is 0 Å². The van der Waals surface area contributed by atoms with Crippen molar-refractivity contribution in [2.24, 2.45) is 28.6 Å². The molecule has 2 spiro atoms. The number of hydrogen-bond acceptors (Lipinski definition) is 5. The third-order valence-electron chi connectivity index (χ3n) is 8.31. The number of carbonyl (C=O) groups excluding carboxylic acids is 2. The van der Waals surface area contributed by atoms with Crippen molar-refractivity contribution in [3.05, 3.63) is 12.2 Å². The molecular weight excluding hydrogens is 344 g/mol. The Morgan fingerprint density at radius 3 is 2.70 bits per heavy atom. The van der Waals surface area contributed by atoms with E-state index in [4.69, 9.17) is 9.47 Å². The molecule has 4 fully saturated rings. The highest BCUT2D eigenvalue weighted by molar-refractivity contribution is 5.67. The molecule has 1 heterocycles. The fraction of sp³-hybridized carbons (Fsp3) is 0.818. The summed E-state index contributed by atoms with van der Waals surface area (Å²) in [6, 6.07) is 0. The van der Waals surface area contributed by atoms with Crippen LogP contribution in [-0.4, -0.2) is 41.8 Å². The van der Waals surface area contributed by atoms with Crippen LogP contribution in [-0.2, 0) is 19.1 Å². The lowest BCUT2D eigenvalue weighted by molar-refractivity contribution is -0.269. The average molecular weight is 376 g/mol. The largest absolute Gasteiger partial charge is 0.459 e. The van der Waals surface area contributed by atoms with Gasteiger partial charge in [0.05, 0.1) is 18.6 Å². The van der Waals surface area contributed by atoms with Gasteiger partial charge < -0.3 is 19.4 Å². The number of fused-ring (bicyclic) bond motifs is 1. The van der Waals surface area contributed by atoms with Crippen LogP contribution in [0.25, 0.3) is 0 Å². The summed E-state index contributed by atoms with van der Waals surface area (Å²) < 4.78 is 12.3. The normalized spacial score (nSPS) is 48.1. The Labute approximate surface area is 161 Å². The molecule has 1 aliphatic heterocycles. The SMILES string of the molecule is C=C1[C@@H]2CCC3C[C@@]4(OC[C@]3(C2)[C@@H]1O)C(C=O)C(C)(C)CC[C@@H]4OC(C)=O. The summed E-state index contributed by atoms with van der Waals surface area (Å²) in [4.78, 5) is 24.0. The van der Waals surface area contributed by atoms with Crippen LogP contribution in [0, 0.1) is 28.6 Å². The fourth-order valence-electron chi connectivity index (χ4n) is 6.80. The van der Waals surface area contributed by atoms with E-state index < -0.39 is 17.8 Å². The number of aldehydes is 1. The lowest BCUT2D eigenvalue weighted by atomic mass is 9.53. The molecular formula is C22H32O5. The summed E-state index contributed by atoms with van der Waals surface area (Å²) in [6.45, 7) is 10.2. The molecule has 4 aliphatic rings. The zero-order valence-corrected chi connectivity index (χ0v) is 16.7. The molecule has 2 bridgehead atoms. The molecule has 0 radical (unpaired) electrons. The van der Waals surface area contributed by atoms with Gasteiger partial charge in [-0.3, -0.25) is 4.79 Å². The predicted molar refractivity (Wildman–Crippen MR) is 99.8 cm³/mol. The highest BCUT2D eigenvalue weighted by Crippen LogP contribution is 2.64. The molecule has 7 atom stereocenters. The second-order valence-electron chi connectivity index (χ2n) is 10.1. The Morgan fingerprint density at radius 2 is 2.04 bits per heavy atom. The summed E-state index contributed by atoms with van der Waals surface area (Å²) in [5.74, 6) is -0.0282. The summed E-state index contributed by atoms with van der Waals surface area (Å²) in [6.07, 6.45) is 5.21. The number of rotatable bonds is 2. The van der Waals surface area contributed by atoms with Crippen LogP contribution in [0.3, 0.4) is 0 Å². The van der Waals surface area contributed by atoms with E-state index in [0.717, 1.165) is 37.5 Å². The average Bonchev–Trinajstić information content (AvgIpc) is 2.80. The van der Waals surface area contributed by atoms with Crippen LogP contribution in [0.1, 0.15) is 59.3 Å². The van der Waals surface area contributed by atoms with Gasteiger partial charge in [-0.25, -0.2) is 0 Å². The van der Waals surface area contributed by atoms with Gasteiger partial charge in [0.1, 0.15) is 18.0 Å². The van der Waals surface area contributed by atoms with Crippen molar-refractivity contribution in [2.75, 3.05) is 6.61 Å². The molecule has 0 aromatic carbocycles. The van der Waals surface area contributed by atoms with Crippen LogP contribution in [0.5, 0.6) is 0 Å². The summed E-state index contributed by atoms with van der Waals surface area (Å²) in [5.41, 5.74) is -0.342. The quantitative estimate of drug-likeness (QED) is 0.456. The molecule has 5 heteroatoms. The fourth-order valence-corrected chi connectivity index (χ4v) is 6.80. The van der Waals surface area contributed by atoms with E-state index in [1.807, 2.05) is 0 Å². The molecule has 4 rings (SSSR count). The minimum absolute atomic E-state index is 0.210. The van der Waals surface area contributed by atoms with Gasteiger partial charge in [0, 0.05) is 12.3 Å². The van der Waals surface area contributed by atoms with Crippen molar-refractivity contribution in [1.82, 2.24) is 0 Å². The number of ether oxygens (including phenoxy) is 2. The van der Waals surface area contributed by atoms with Crippen molar-refractivity contribution in [3.8, 4) is 0 Å². The highest BCUT2D eigenvalue weighted by atomic mass is 16.6. The van der Waals surface area contributed by atoms with Crippen molar-refractivity contribution < 1.29 is 24.2 Å². The van der Waals surface area contributed by atoms with Crippen molar-refractivity contribution >= 4 is 12.3 Å². The van der Waals surface area contributed by atoms with Gasteiger partial charge >= 0.3 is 5.97 Å². The first-order chi connectivity index (χ1) is 12.7. The number of esters is 1. The summed E-state index contributed by atoms with van der Waals surface area (Å²) in [7, 11) is 0. The van der Waals surface area contributed by atoms with E-state index in [1.54, 1.807) is 0 Å². The zero-order valence-electron chi connectivity index (χ0n) is 16.7. The molecule has 1 saturated heterocycles. The maximum absolute atomic E-state index is 12.2. The van der Waals surface area contributed by atoms with E-state index in [9.17, 15) is 14.7 Å². The van der Waals surface area contributed by atoms with Crippen molar-refractivity contribution in [1.29, 1.82) is 0 Å². The monoisotopic (exact) mass is 376 g/mol. The highest BCUT2D eigenvalue weighted by Gasteiger charge is 2.66. The van der Waals surface area contributed by atoms with Crippen molar-refractivity contribution in [2.45, 2.75) is 77.1 Å². The van der Waals surface area contributed by atoms with Crippen LogP contribution < -0.4 is 0 Å². The standard InChI is InChI=1S/C22H32O5/c1-13-15-5-6-16-10-22(26-12-21(16,9-15)19(13)25)17(11-23)20(3,4)8-7-18(22)27-14(2)24/h11,15-19,25H,1,5-10,12H2,2-4H3/t15-,16?,17?,18+,19-,21+,22-/m1/s1. The number of carbonyl (C=O) groups is 2. The third-order valence-corrected chi connectivity index (χ3v) is 8.31. The molecule has 0 aromatic heterocycles. The Bertz CT molecular complexity index is 670. The second-order valence-corrected chi connectivity index (χ2v) is 10.1. The number of aliphatic hydroxyl groups excluding tert-OH is 1. The van der Waals surface area contributed by atoms with Crippen LogP contribution in [0.4, 0.5) is 0 Å². The Hall–Kier alpha value is -1.20. The van der Waals surface area contributed by atoms with Gasteiger partial charge in [0.15, 0.2) is 0 Å². The van der Waals surface area contributed by atoms with Crippen LogP contribution >= 0.6 is 0 Å². The molecule has 3 aliphatic carbocycles. The first-order valence-corrected chi connectivity index (χ1v) is 10.3. The molecule has 5 nitrogen and oxygen atoms in total.